The molecule has 0 N–H and O–H groups in total. The maximum absolute atomic E-state index is 11.4. The van der Waals surface area contributed by atoms with Gasteiger partial charge in [-0.2, -0.15) is 0 Å². The number of esters is 2. The summed E-state index contributed by atoms with van der Waals surface area (Å²) in [5, 5.41) is 0. The lowest BCUT2D eigenvalue weighted by Crippen LogP contribution is -2.26. The summed E-state index contributed by atoms with van der Waals surface area (Å²) in [5.41, 5.74) is -0.421. The molecule has 2 rings (SSSR count). The van der Waals surface area contributed by atoms with E-state index in [0.29, 0.717) is 12.3 Å². The second kappa shape index (κ2) is 2.97. The third-order valence-corrected chi connectivity index (χ3v) is 3.15. The summed E-state index contributed by atoms with van der Waals surface area (Å²) in [4.78, 5) is 22.6. The van der Waals surface area contributed by atoms with Gasteiger partial charge in [0.15, 0.2) is 5.92 Å². The van der Waals surface area contributed by atoms with Gasteiger partial charge in [-0.05, 0) is 25.7 Å². The van der Waals surface area contributed by atoms with E-state index < -0.39 is 23.5 Å². The summed E-state index contributed by atoms with van der Waals surface area (Å²) >= 11 is 0. The van der Waals surface area contributed by atoms with E-state index in [-0.39, 0.29) is 0 Å². The van der Waals surface area contributed by atoms with Gasteiger partial charge in [0.25, 0.3) is 0 Å². The minimum absolute atomic E-state index is 0.421. The fourth-order valence-corrected chi connectivity index (χ4v) is 2.10. The SMILES string of the molecule is COC(=O)[C@H]1C[C@](C)(C2CC2)OC1=O. The molecule has 0 aromatic heterocycles. The highest BCUT2D eigenvalue weighted by atomic mass is 16.6. The molecule has 0 amide bonds. The monoisotopic (exact) mass is 198 g/mol. The normalized spacial score (nSPS) is 36.7. The van der Waals surface area contributed by atoms with E-state index in [0.717, 1.165) is 12.8 Å². The van der Waals surface area contributed by atoms with Crippen LogP contribution >= 0.6 is 0 Å². The summed E-state index contributed by atoms with van der Waals surface area (Å²) in [6.07, 6.45) is 2.67. The molecule has 4 nitrogen and oxygen atoms in total. The van der Waals surface area contributed by atoms with E-state index in [2.05, 4.69) is 4.74 Å². The van der Waals surface area contributed by atoms with Crippen LogP contribution in [0.5, 0.6) is 0 Å². The zero-order valence-electron chi connectivity index (χ0n) is 8.41. The Balaban J connectivity index is 2.09. The van der Waals surface area contributed by atoms with Crippen molar-refractivity contribution >= 4 is 11.9 Å². The number of cyclic esters (lactones) is 1. The van der Waals surface area contributed by atoms with Crippen LogP contribution in [0.25, 0.3) is 0 Å². The molecular formula is C10H14O4. The van der Waals surface area contributed by atoms with Crippen LogP contribution in [0.15, 0.2) is 0 Å². The molecule has 2 fully saturated rings. The van der Waals surface area contributed by atoms with Gasteiger partial charge in [0.2, 0.25) is 0 Å². The van der Waals surface area contributed by atoms with Crippen LogP contribution in [-0.4, -0.2) is 24.6 Å². The predicted molar refractivity (Wildman–Crippen MR) is 47.3 cm³/mol. The van der Waals surface area contributed by atoms with E-state index in [9.17, 15) is 9.59 Å². The summed E-state index contributed by atoms with van der Waals surface area (Å²) in [7, 11) is 1.29. The molecule has 1 heterocycles. The molecule has 14 heavy (non-hydrogen) atoms. The Bertz CT molecular complexity index is 282. The number of ether oxygens (including phenoxy) is 2. The lowest BCUT2D eigenvalue weighted by Gasteiger charge is -2.21. The molecular weight excluding hydrogens is 184 g/mol. The van der Waals surface area contributed by atoms with Gasteiger partial charge in [0.1, 0.15) is 5.60 Å². The molecule has 1 aliphatic heterocycles. The van der Waals surface area contributed by atoms with Crippen molar-refractivity contribution in [1.82, 2.24) is 0 Å². The molecule has 0 aromatic rings. The first-order valence-electron chi connectivity index (χ1n) is 4.87. The van der Waals surface area contributed by atoms with Crippen LogP contribution in [0.4, 0.5) is 0 Å². The number of hydrogen-bond acceptors (Lipinski definition) is 4. The minimum atomic E-state index is -0.703. The van der Waals surface area contributed by atoms with Crippen molar-refractivity contribution < 1.29 is 19.1 Å². The second-order valence-corrected chi connectivity index (χ2v) is 4.29. The number of carbonyl (C=O) groups excluding carboxylic acids is 2. The molecule has 0 radical (unpaired) electrons. The van der Waals surface area contributed by atoms with Gasteiger partial charge in [-0.15, -0.1) is 0 Å². The fraction of sp³-hybridized carbons (Fsp3) is 0.800. The smallest absolute Gasteiger partial charge is 0.321 e. The van der Waals surface area contributed by atoms with Crippen molar-refractivity contribution in [2.45, 2.75) is 31.8 Å². The first kappa shape index (κ1) is 9.49. The Hall–Kier alpha value is -1.06. The summed E-state index contributed by atoms with van der Waals surface area (Å²) in [6.45, 7) is 1.91. The van der Waals surface area contributed by atoms with Crippen LogP contribution in [0.3, 0.4) is 0 Å². The second-order valence-electron chi connectivity index (χ2n) is 4.29. The Morgan fingerprint density at radius 3 is 2.71 bits per heavy atom. The third kappa shape index (κ3) is 1.38. The van der Waals surface area contributed by atoms with Crippen molar-refractivity contribution in [1.29, 1.82) is 0 Å². The van der Waals surface area contributed by atoms with Gasteiger partial charge in [0.05, 0.1) is 7.11 Å². The van der Waals surface area contributed by atoms with Gasteiger partial charge in [-0.1, -0.05) is 0 Å². The average Bonchev–Trinajstić information content (AvgIpc) is 2.93. The van der Waals surface area contributed by atoms with E-state index in [1.807, 2.05) is 6.92 Å². The molecule has 0 aromatic carbocycles. The summed E-state index contributed by atoms with van der Waals surface area (Å²) in [5.74, 6) is -1.16. The molecule has 4 heteroatoms. The molecule has 0 spiro atoms. The van der Waals surface area contributed by atoms with Crippen molar-refractivity contribution in [3.05, 3.63) is 0 Å². The van der Waals surface area contributed by atoms with Crippen LogP contribution in [0, 0.1) is 11.8 Å². The molecule has 2 aliphatic rings. The Morgan fingerprint density at radius 2 is 2.21 bits per heavy atom. The maximum atomic E-state index is 11.4. The van der Waals surface area contributed by atoms with E-state index in [1.165, 1.54) is 7.11 Å². The zero-order chi connectivity index (χ0) is 10.3. The number of rotatable bonds is 2. The van der Waals surface area contributed by atoms with E-state index >= 15 is 0 Å². The Labute approximate surface area is 82.6 Å². The van der Waals surface area contributed by atoms with Crippen molar-refractivity contribution in [2.24, 2.45) is 11.8 Å². The topological polar surface area (TPSA) is 52.6 Å². The van der Waals surface area contributed by atoms with E-state index in [1.54, 1.807) is 0 Å². The summed E-state index contributed by atoms with van der Waals surface area (Å²) in [6, 6.07) is 0. The molecule has 0 bridgehead atoms. The molecule has 78 valence electrons. The number of hydrogen-bond donors (Lipinski definition) is 0. The fourth-order valence-electron chi connectivity index (χ4n) is 2.10. The molecule has 2 atom stereocenters. The van der Waals surface area contributed by atoms with Gasteiger partial charge in [0, 0.05) is 6.42 Å². The van der Waals surface area contributed by atoms with Crippen LogP contribution in [0.2, 0.25) is 0 Å². The molecule has 1 saturated heterocycles. The first-order valence-corrected chi connectivity index (χ1v) is 4.87. The quantitative estimate of drug-likeness (QED) is 0.488. The van der Waals surface area contributed by atoms with Crippen molar-refractivity contribution in [3.8, 4) is 0 Å². The minimum Gasteiger partial charge on any atom is -0.468 e. The number of carbonyl (C=O) groups is 2. The van der Waals surface area contributed by atoms with Gasteiger partial charge in [-0.3, -0.25) is 9.59 Å². The van der Waals surface area contributed by atoms with Gasteiger partial charge < -0.3 is 9.47 Å². The molecule has 0 unspecified atom stereocenters. The largest absolute Gasteiger partial charge is 0.468 e. The Morgan fingerprint density at radius 1 is 1.57 bits per heavy atom. The first-order chi connectivity index (χ1) is 6.57. The standard InChI is InChI=1S/C10H14O4/c1-10(6-3-4-6)5-7(8(11)13-2)9(12)14-10/h6-7H,3-5H2,1-2H3/t7-,10-/m1/s1. The molecule has 1 aliphatic carbocycles. The Kier molecular flexibility index (Phi) is 2.01. The highest BCUT2D eigenvalue weighted by Crippen LogP contribution is 2.48. The zero-order valence-corrected chi connectivity index (χ0v) is 8.41. The van der Waals surface area contributed by atoms with Crippen LogP contribution in [0.1, 0.15) is 26.2 Å². The highest BCUT2D eigenvalue weighted by Gasteiger charge is 2.54. The third-order valence-electron chi connectivity index (χ3n) is 3.15. The highest BCUT2D eigenvalue weighted by molar-refractivity contribution is 5.96. The van der Waals surface area contributed by atoms with Crippen molar-refractivity contribution in [3.63, 3.8) is 0 Å². The lowest BCUT2D eigenvalue weighted by molar-refractivity contribution is -0.157. The summed E-state index contributed by atoms with van der Waals surface area (Å²) < 4.78 is 9.83. The maximum Gasteiger partial charge on any atom is 0.321 e. The molecule has 1 saturated carbocycles. The van der Waals surface area contributed by atoms with Gasteiger partial charge in [-0.25, -0.2) is 0 Å². The van der Waals surface area contributed by atoms with Gasteiger partial charge >= 0.3 is 11.9 Å². The lowest BCUT2D eigenvalue weighted by atomic mass is 9.91. The van der Waals surface area contributed by atoms with E-state index in [4.69, 9.17) is 4.74 Å². The van der Waals surface area contributed by atoms with Crippen LogP contribution in [-0.2, 0) is 19.1 Å². The number of methoxy groups -OCH3 is 1. The average molecular weight is 198 g/mol. The predicted octanol–water partition coefficient (Wildman–Crippen LogP) is 0.891. The van der Waals surface area contributed by atoms with Crippen LogP contribution < -0.4 is 0 Å². The van der Waals surface area contributed by atoms with Crippen molar-refractivity contribution in [2.75, 3.05) is 7.11 Å².